The van der Waals surface area contributed by atoms with E-state index in [1.54, 1.807) is 37.6 Å². The molecule has 7 nitrogen and oxygen atoms in total. The summed E-state index contributed by atoms with van der Waals surface area (Å²) in [6.07, 6.45) is 1.64. The summed E-state index contributed by atoms with van der Waals surface area (Å²) >= 11 is 1.33. The number of carbonyl (C=O) groups is 1. The lowest BCUT2D eigenvalue weighted by atomic mass is 10.2. The summed E-state index contributed by atoms with van der Waals surface area (Å²) < 4.78 is 12.6. The molecule has 0 aliphatic carbocycles. The molecular formula is C22H20N4O3S. The van der Waals surface area contributed by atoms with Crippen LogP contribution < -0.4 is 10.1 Å². The van der Waals surface area contributed by atoms with Gasteiger partial charge in [-0.25, -0.2) is 0 Å². The predicted octanol–water partition coefficient (Wildman–Crippen LogP) is 4.33. The van der Waals surface area contributed by atoms with Crippen LogP contribution in [0.15, 0.2) is 82.6 Å². The van der Waals surface area contributed by atoms with Gasteiger partial charge in [-0.2, -0.15) is 0 Å². The molecule has 152 valence electrons. The van der Waals surface area contributed by atoms with Crippen molar-refractivity contribution in [2.45, 2.75) is 11.7 Å². The summed E-state index contributed by atoms with van der Waals surface area (Å²) in [6.45, 7) is 0.479. The third kappa shape index (κ3) is 4.72. The van der Waals surface area contributed by atoms with Crippen molar-refractivity contribution in [1.82, 2.24) is 14.8 Å². The highest BCUT2D eigenvalue weighted by atomic mass is 32.2. The summed E-state index contributed by atoms with van der Waals surface area (Å²) in [7, 11) is 1.60. The lowest BCUT2D eigenvalue weighted by molar-refractivity contribution is -0.113. The Labute approximate surface area is 178 Å². The number of furan rings is 1. The third-order valence-corrected chi connectivity index (χ3v) is 5.32. The van der Waals surface area contributed by atoms with Crippen molar-refractivity contribution in [3.8, 4) is 17.1 Å². The van der Waals surface area contributed by atoms with E-state index in [0.29, 0.717) is 17.4 Å². The van der Waals surface area contributed by atoms with E-state index in [-0.39, 0.29) is 11.7 Å². The number of ether oxygens (including phenoxy) is 1. The van der Waals surface area contributed by atoms with Crippen LogP contribution in [0, 0.1) is 0 Å². The first-order valence-corrected chi connectivity index (χ1v) is 10.3. The number of hydrogen-bond donors (Lipinski definition) is 1. The van der Waals surface area contributed by atoms with E-state index in [1.165, 1.54) is 11.8 Å². The van der Waals surface area contributed by atoms with Crippen molar-refractivity contribution in [3.05, 3.63) is 78.8 Å². The van der Waals surface area contributed by atoms with Gasteiger partial charge in [0.05, 0.1) is 25.7 Å². The first-order chi connectivity index (χ1) is 14.7. The number of thioether (sulfide) groups is 1. The van der Waals surface area contributed by atoms with Gasteiger partial charge in [-0.05, 0) is 36.4 Å². The Morgan fingerprint density at radius 2 is 1.87 bits per heavy atom. The van der Waals surface area contributed by atoms with Crippen molar-refractivity contribution in [2.24, 2.45) is 0 Å². The van der Waals surface area contributed by atoms with E-state index >= 15 is 0 Å². The number of benzene rings is 2. The van der Waals surface area contributed by atoms with Gasteiger partial charge in [-0.1, -0.05) is 42.1 Å². The summed E-state index contributed by atoms with van der Waals surface area (Å²) in [5.74, 6) is 2.33. The molecule has 4 rings (SSSR count). The maximum absolute atomic E-state index is 12.4. The highest BCUT2D eigenvalue weighted by Crippen LogP contribution is 2.25. The minimum atomic E-state index is -0.126. The zero-order valence-electron chi connectivity index (χ0n) is 16.3. The Kier molecular flexibility index (Phi) is 6.14. The number of rotatable bonds is 8. The van der Waals surface area contributed by atoms with Crippen molar-refractivity contribution in [2.75, 3.05) is 18.2 Å². The first-order valence-electron chi connectivity index (χ1n) is 9.30. The zero-order valence-corrected chi connectivity index (χ0v) is 17.1. The summed E-state index contributed by atoms with van der Waals surface area (Å²) in [5.41, 5.74) is 1.66. The number of methoxy groups -OCH3 is 1. The minimum Gasteiger partial charge on any atom is -0.497 e. The van der Waals surface area contributed by atoms with Gasteiger partial charge in [-0.15, -0.1) is 10.2 Å². The van der Waals surface area contributed by atoms with Gasteiger partial charge in [-0.3, -0.25) is 9.36 Å². The maximum Gasteiger partial charge on any atom is 0.234 e. The van der Waals surface area contributed by atoms with Crippen LogP contribution in [0.1, 0.15) is 5.76 Å². The van der Waals surface area contributed by atoms with Crippen molar-refractivity contribution in [1.29, 1.82) is 0 Å². The van der Waals surface area contributed by atoms with Crippen molar-refractivity contribution in [3.63, 3.8) is 0 Å². The van der Waals surface area contributed by atoms with E-state index in [1.807, 2.05) is 47.0 Å². The van der Waals surface area contributed by atoms with Crippen LogP contribution in [0.2, 0.25) is 0 Å². The topological polar surface area (TPSA) is 82.2 Å². The third-order valence-electron chi connectivity index (χ3n) is 4.35. The van der Waals surface area contributed by atoms with Crippen molar-refractivity contribution >= 4 is 23.4 Å². The Balaban J connectivity index is 1.48. The number of anilines is 1. The molecule has 1 amide bonds. The second-order valence-corrected chi connectivity index (χ2v) is 7.35. The number of carbonyl (C=O) groups excluding carboxylic acids is 1. The van der Waals surface area contributed by atoms with Gasteiger partial charge >= 0.3 is 0 Å². The minimum absolute atomic E-state index is 0.126. The van der Waals surface area contributed by atoms with Gasteiger partial charge < -0.3 is 14.5 Å². The van der Waals surface area contributed by atoms with E-state index in [0.717, 1.165) is 22.9 Å². The maximum atomic E-state index is 12.4. The molecule has 2 heterocycles. The van der Waals surface area contributed by atoms with Gasteiger partial charge in [0, 0.05) is 11.3 Å². The number of aromatic nitrogens is 3. The molecule has 1 N–H and O–H groups in total. The summed E-state index contributed by atoms with van der Waals surface area (Å²) in [4.78, 5) is 12.4. The standard InChI is InChI=1S/C22H20N4O3S/c1-28-18-11-9-17(10-12-18)23-20(27)15-30-22-25-24-21(16-6-3-2-4-7-16)26(22)14-19-8-5-13-29-19/h2-13H,14-15H2,1H3,(H,23,27). The molecule has 0 aliphatic heterocycles. The highest BCUT2D eigenvalue weighted by molar-refractivity contribution is 7.99. The molecule has 30 heavy (non-hydrogen) atoms. The molecule has 8 heteroatoms. The van der Waals surface area contributed by atoms with Crippen LogP contribution >= 0.6 is 11.8 Å². The van der Waals surface area contributed by atoms with Crippen LogP contribution in [-0.2, 0) is 11.3 Å². The molecule has 2 aromatic heterocycles. The Morgan fingerprint density at radius 3 is 2.57 bits per heavy atom. The van der Waals surface area contributed by atoms with Gasteiger partial charge in [0.1, 0.15) is 11.5 Å². The molecule has 0 atom stereocenters. The number of hydrogen-bond acceptors (Lipinski definition) is 6. The smallest absolute Gasteiger partial charge is 0.234 e. The Bertz CT molecular complexity index is 1090. The largest absolute Gasteiger partial charge is 0.497 e. The van der Waals surface area contributed by atoms with Gasteiger partial charge in [0.25, 0.3) is 0 Å². The van der Waals surface area contributed by atoms with E-state index in [4.69, 9.17) is 9.15 Å². The lowest BCUT2D eigenvalue weighted by Gasteiger charge is -2.09. The Morgan fingerprint density at radius 1 is 1.07 bits per heavy atom. The molecule has 0 aliphatic rings. The van der Waals surface area contributed by atoms with Crippen LogP contribution in [0.4, 0.5) is 5.69 Å². The second-order valence-electron chi connectivity index (χ2n) is 6.40. The van der Waals surface area contributed by atoms with Crippen LogP contribution in [0.5, 0.6) is 5.75 Å². The molecule has 0 spiro atoms. The number of nitrogens with one attached hydrogen (secondary N) is 1. The average molecular weight is 420 g/mol. The molecule has 0 fully saturated rings. The monoisotopic (exact) mass is 420 g/mol. The fourth-order valence-corrected chi connectivity index (χ4v) is 3.64. The number of nitrogens with zero attached hydrogens (tertiary/aromatic N) is 3. The summed E-state index contributed by atoms with van der Waals surface area (Å²) in [6, 6.07) is 20.8. The number of amides is 1. The highest BCUT2D eigenvalue weighted by Gasteiger charge is 2.17. The SMILES string of the molecule is COc1ccc(NC(=O)CSc2nnc(-c3ccccc3)n2Cc2ccco2)cc1. The zero-order chi connectivity index (χ0) is 20.8. The van der Waals surface area contributed by atoms with E-state index in [9.17, 15) is 4.79 Å². The molecular weight excluding hydrogens is 400 g/mol. The molecule has 0 unspecified atom stereocenters. The van der Waals surface area contributed by atoms with Crippen LogP contribution in [0.3, 0.4) is 0 Å². The Hall–Kier alpha value is -3.52. The fourth-order valence-electron chi connectivity index (χ4n) is 2.90. The molecule has 0 bridgehead atoms. The van der Waals surface area contributed by atoms with E-state index < -0.39 is 0 Å². The summed E-state index contributed by atoms with van der Waals surface area (Å²) in [5, 5.41) is 12.2. The fraction of sp³-hybridized carbons (Fsp3) is 0.136. The molecule has 0 radical (unpaired) electrons. The molecule has 2 aromatic carbocycles. The van der Waals surface area contributed by atoms with E-state index in [2.05, 4.69) is 15.5 Å². The first kappa shape index (κ1) is 19.8. The average Bonchev–Trinajstić information content (AvgIpc) is 3.44. The van der Waals surface area contributed by atoms with Crippen LogP contribution in [0.25, 0.3) is 11.4 Å². The molecule has 0 saturated carbocycles. The van der Waals surface area contributed by atoms with Crippen LogP contribution in [-0.4, -0.2) is 33.5 Å². The second kappa shape index (κ2) is 9.32. The lowest BCUT2D eigenvalue weighted by Crippen LogP contribution is -2.14. The quantitative estimate of drug-likeness (QED) is 0.427. The molecule has 0 saturated heterocycles. The van der Waals surface area contributed by atoms with Gasteiger partial charge in [0.2, 0.25) is 5.91 Å². The van der Waals surface area contributed by atoms with Crippen molar-refractivity contribution < 1.29 is 13.9 Å². The van der Waals surface area contributed by atoms with Gasteiger partial charge in [0.15, 0.2) is 11.0 Å². The molecule has 4 aromatic rings. The predicted molar refractivity (Wildman–Crippen MR) is 116 cm³/mol. The normalized spacial score (nSPS) is 10.7.